The molecule has 0 aliphatic rings. The number of nitrogens with zero attached hydrogens (tertiary/aromatic N) is 1. The molecule has 2 aromatic rings. The molecular weight excluding hydrogens is 279 g/mol. The molecular formula is C14H15FN2O2S. The molecule has 0 aliphatic heterocycles. The van der Waals surface area contributed by atoms with Crippen LogP contribution in [0.1, 0.15) is 24.1 Å². The first-order chi connectivity index (χ1) is 9.40. The van der Waals surface area contributed by atoms with E-state index in [9.17, 15) is 12.8 Å². The van der Waals surface area contributed by atoms with E-state index >= 15 is 0 Å². The fourth-order valence-corrected chi connectivity index (χ4v) is 3.37. The van der Waals surface area contributed by atoms with Crippen molar-refractivity contribution in [1.82, 2.24) is 9.71 Å². The lowest BCUT2D eigenvalue weighted by atomic mass is 10.1. The molecule has 0 unspecified atom stereocenters. The zero-order valence-corrected chi connectivity index (χ0v) is 12.0. The van der Waals surface area contributed by atoms with Crippen LogP contribution in [0.4, 0.5) is 4.39 Å². The molecule has 1 aromatic carbocycles. The van der Waals surface area contributed by atoms with Gasteiger partial charge in [0, 0.05) is 18.4 Å². The van der Waals surface area contributed by atoms with E-state index in [-0.39, 0.29) is 4.90 Å². The Morgan fingerprint density at radius 3 is 2.50 bits per heavy atom. The van der Waals surface area contributed by atoms with Gasteiger partial charge in [-0.05, 0) is 49.2 Å². The van der Waals surface area contributed by atoms with Crippen LogP contribution in [0.5, 0.6) is 0 Å². The number of aromatic nitrogens is 1. The molecule has 6 heteroatoms. The summed E-state index contributed by atoms with van der Waals surface area (Å²) < 4.78 is 40.4. The van der Waals surface area contributed by atoms with Gasteiger partial charge in [-0.3, -0.25) is 4.98 Å². The second-order valence-corrected chi connectivity index (χ2v) is 6.22. The number of hydrogen-bond donors (Lipinski definition) is 1. The number of aryl methyl sites for hydroxylation is 1. The van der Waals surface area contributed by atoms with Crippen LogP contribution in [-0.2, 0) is 10.0 Å². The smallest absolute Gasteiger partial charge is 0.241 e. The van der Waals surface area contributed by atoms with Gasteiger partial charge >= 0.3 is 0 Å². The number of benzene rings is 1. The summed E-state index contributed by atoms with van der Waals surface area (Å²) in [5.41, 5.74) is 1.29. The van der Waals surface area contributed by atoms with Gasteiger partial charge in [-0.15, -0.1) is 0 Å². The van der Waals surface area contributed by atoms with Gasteiger partial charge in [0.1, 0.15) is 5.82 Å². The molecule has 1 N–H and O–H groups in total. The van der Waals surface area contributed by atoms with E-state index in [4.69, 9.17) is 0 Å². The third-order valence-electron chi connectivity index (χ3n) is 2.98. The van der Waals surface area contributed by atoms with Crippen LogP contribution in [0.3, 0.4) is 0 Å². The molecule has 1 atom stereocenters. The van der Waals surface area contributed by atoms with E-state index in [1.165, 1.54) is 12.1 Å². The lowest BCUT2D eigenvalue weighted by molar-refractivity contribution is 0.563. The van der Waals surface area contributed by atoms with E-state index in [1.807, 2.05) is 0 Å². The minimum absolute atomic E-state index is 0.0431. The first-order valence-electron chi connectivity index (χ1n) is 6.08. The summed E-state index contributed by atoms with van der Waals surface area (Å²) in [5, 5.41) is 0. The Morgan fingerprint density at radius 1 is 1.20 bits per heavy atom. The van der Waals surface area contributed by atoms with Crippen molar-refractivity contribution in [2.24, 2.45) is 0 Å². The molecule has 4 nitrogen and oxygen atoms in total. The molecule has 1 aromatic heterocycles. The van der Waals surface area contributed by atoms with Gasteiger partial charge in [0.2, 0.25) is 10.0 Å². The summed E-state index contributed by atoms with van der Waals surface area (Å²) in [5.74, 6) is -0.576. The summed E-state index contributed by atoms with van der Waals surface area (Å²) in [4.78, 5) is 3.84. The van der Waals surface area contributed by atoms with Crippen LogP contribution in [-0.4, -0.2) is 13.4 Å². The Hall–Kier alpha value is -1.79. The summed E-state index contributed by atoms with van der Waals surface area (Å²) in [6.07, 6.45) is 3.18. The molecule has 0 aliphatic carbocycles. The van der Waals surface area contributed by atoms with E-state index in [0.717, 1.165) is 11.6 Å². The molecule has 1 heterocycles. The number of nitrogens with one attached hydrogen (secondary N) is 1. The highest BCUT2D eigenvalue weighted by molar-refractivity contribution is 7.89. The van der Waals surface area contributed by atoms with Gasteiger partial charge in [-0.2, -0.15) is 0 Å². The Bertz CT molecular complexity index is 702. The highest BCUT2D eigenvalue weighted by Crippen LogP contribution is 2.20. The Morgan fingerprint density at radius 2 is 1.85 bits per heavy atom. The lowest BCUT2D eigenvalue weighted by Crippen LogP contribution is -2.27. The minimum atomic E-state index is -3.77. The molecule has 0 saturated heterocycles. The highest BCUT2D eigenvalue weighted by Gasteiger charge is 2.20. The molecule has 0 amide bonds. The van der Waals surface area contributed by atoms with E-state index in [2.05, 4.69) is 9.71 Å². The Labute approximate surface area is 117 Å². The van der Waals surface area contributed by atoms with Crippen LogP contribution >= 0.6 is 0 Å². The van der Waals surface area contributed by atoms with Crippen molar-refractivity contribution in [2.45, 2.75) is 24.8 Å². The van der Waals surface area contributed by atoms with Crippen LogP contribution in [0.25, 0.3) is 0 Å². The van der Waals surface area contributed by atoms with Crippen LogP contribution in [0.15, 0.2) is 47.6 Å². The predicted octanol–water partition coefficient (Wildman–Crippen LogP) is 2.57. The quantitative estimate of drug-likeness (QED) is 0.943. The zero-order chi connectivity index (χ0) is 14.8. The van der Waals surface area contributed by atoms with Gasteiger partial charge in [-0.1, -0.05) is 6.07 Å². The third kappa shape index (κ3) is 3.20. The van der Waals surface area contributed by atoms with Crippen molar-refractivity contribution in [1.29, 1.82) is 0 Å². The minimum Gasteiger partial charge on any atom is -0.265 e. The maximum atomic E-state index is 13.2. The van der Waals surface area contributed by atoms with Crippen molar-refractivity contribution in [3.05, 3.63) is 59.7 Å². The van der Waals surface area contributed by atoms with E-state index < -0.39 is 21.9 Å². The summed E-state index contributed by atoms with van der Waals surface area (Å²) in [7, 11) is -3.77. The van der Waals surface area contributed by atoms with Crippen molar-refractivity contribution in [2.75, 3.05) is 0 Å². The van der Waals surface area contributed by atoms with E-state index in [1.54, 1.807) is 38.4 Å². The molecule has 0 spiro atoms. The fourth-order valence-electron chi connectivity index (χ4n) is 1.88. The number of rotatable bonds is 4. The zero-order valence-electron chi connectivity index (χ0n) is 11.2. The number of sulfonamides is 1. The first-order valence-corrected chi connectivity index (χ1v) is 7.57. The molecule has 0 fully saturated rings. The Balaban J connectivity index is 2.30. The number of pyridine rings is 1. The van der Waals surface area contributed by atoms with Crippen LogP contribution in [0, 0.1) is 12.7 Å². The van der Waals surface area contributed by atoms with Crippen molar-refractivity contribution in [3.8, 4) is 0 Å². The summed E-state index contributed by atoms with van der Waals surface area (Å²) in [6.45, 7) is 3.35. The van der Waals surface area contributed by atoms with Crippen LogP contribution < -0.4 is 4.72 Å². The highest BCUT2D eigenvalue weighted by atomic mass is 32.2. The molecule has 0 radical (unpaired) electrons. The maximum absolute atomic E-state index is 13.2. The molecule has 106 valence electrons. The Kier molecular flexibility index (Phi) is 4.15. The first kappa shape index (κ1) is 14.6. The third-order valence-corrected chi connectivity index (χ3v) is 4.66. The van der Waals surface area contributed by atoms with E-state index in [0.29, 0.717) is 5.56 Å². The largest absolute Gasteiger partial charge is 0.265 e. The normalized spacial score (nSPS) is 13.2. The second kappa shape index (κ2) is 5.68. The van der Waals surface area contributed by atoms with Gasteiger partial charge in [0.15, 0.2) is 0 Å². The molecule has 0 bridgehead atoms. The van der Waals surface area contributed by atoms with Crippen molar-refractivity contribution >= 4 is 10.0 Å². The summed E-state index contributed by atoms with van der Waals surface area (Å²) >= 11 is 0. The maximum Gasteiger partial charge on any atom is 0.241 e. The average Bonchev–Trinajstić information content (AvgIpc) is 2.42. The summed E-state index contributed by atoms with van der Waals surface area (Å²) in [6, 6.07) is 6.74. The number of hydrogen-bond acceptors (Lipinski definition) is 3. The van der Waals surface area contributed by atoms with Gasteiger partial charge in [0.25, 0.3) is 0 Å². The molecule has 20 heavy (non-hydrogen) atoms. The lowest BCUT2D eigenvalue weighted by Gasteiger charge is -2.15. The molecule has 2 rings (SSSR count). The molecule has 0 saturated carbocycles. The van der Waals surface area contributed by atoms with Gasteiger partial charge < -0.3 is 0 Å². The SMILES string of the molecule is Cc1ccc(F)cc1S(=O)(=O)N[C@@H](C)c1ccncc1. The standard InChI is InChI=1S/C14H15FN2O2S/c1-10-3-4-13(15)9-14(10)20(18,19)17-11(2)12-5-7-16-8-6-12/h3-9,11,17H,1-2H3/t11-/m0/s1. The fraction of sp³-hybridized carbons (Fsp3) is 0.214. The average molecular weight is 294 g/mol. The van der Waals surface area contributed by atoms with Gasteiger partial charge in [-0.25, -0.2) is 17.5 Å². The van der Waals surface area contributed by atoms with Crippen molar-refractivity contribution in [3.63, 3.8) is 0 Å². The van der Waals surface area contributed by atoms with Gasteiger partial charge in [0.05, 0.1) is 4.90 Å². The number of halogens is 1. The van der Waals surface area contributed by atoms with Crippen molar-refractivity contribution < 1.29 is 12.8 Å². The predicted molar refractivity (Wildman–Crippen MR) is 74.1 cm³/mol. The topological polar surface area (TPSA) is 59.1 Å². The monoisotopic (exact) mass is 294 g/mol. The van der Waals surface area contributed by atoms with Crippen LogP contribution in [0.2, 0.25) is 0 Å². The second-order valence-electron chi connectivity index (χ2n) is 4.53.